The molecule has 2 rings (SSSR count). The van der Waals surface area contributed by atoms with E-state index in [1.807, 2.05) is 37.9 Å². The van der Waals surface area contributed by atoms with E-state index in [1.165, 1.54) is 5.56 Å². The molecule has 0 aliphatic heterocycles. The molecule has 0 saturated heterocycles. The summed E-state index contributed by atoms with van der Waals surface area (Å²) in [6.07, 6.45) is 4.61. The van der Waals surface area contributed by atoms with E-state index in [0.29, 0.717) is 0 Å². The number of nitrogens with zero attached hydrogens (tertiary/aromatic N) is 2. The van der Waals surface area contributed by atoms with Gasteiger partial charge in [-0.2, -0.15) is 0 Å². The van der Waals surface area contributed by atoms with Crippen molar-refractivity contribution < 1.29 is 5.11 Å². The molecule has 96 valence electrons. The molecule has 0 amide bonds. The second-order valence-corrected chi connectivity index (χ2v) is 5.37. The molecule has 0 spiro atoms. The molecule has 0 atom stereocenters. The summed E-state index contributed by atoms with van der Waals surface area (Å²) in [7, 11) is 2.01. The van der Waals surface area contributed by atoms with Crippen LogP contribution in [0.25, 0.3) is 0 Å². The van der Waals surface area contributed by atoms with Crippen molar-refractivity contribution in [3.63, 3.8) is 0 Å². The van der Waals surface area contributed by atoms with E-state index < -0.39 is 0 Å². The standard InChI is InChI=1S/C15H20N2O/c1-15(2,11-18)13-6-4-12(5-7-13)10-14-16-8-9-17(14)3/h4-9,18H,10-11H2,1-3H3. The van der Waals surface area contributed by atoms with E-state index in [0.717, 1.165) is 17.8 Å². The molecule has 3 nitrogen and oxygen atoms in total. The molecule has 2 aromatic rings. The molecule has 3 heteroatoms. The summed E-state index contributed by atoms with van der Waals surface area (Å²) < 4.78 is 2.03. The average molecular weight is 244 g/mol. The number of aromatic nitrogens is 2. The zero-order valence-corrected chi connectivity index (χ0v) is 11.2. The van der Waals surface area contributed by atoms with E-state index in [-0.39, 0.29) is 12.0 Å². The predicted octanol–water partition coefficient (Wildman–Crippen LogP) is 2.28. The van der Waals surface area contributed by atoms with Crippen molar-refractivity contribution in [1.29, 1.82) is 0 Å². The SMILES string of the molecule is Cn1ccnc1Cc1ccc(C(C)(C)CO)cc1. The number of hydrogen-bond acceptors (Lipinski definition) is 2. The maximum Gasteiger partial charge on any atom is 0.112 e. The van der Waals surface area contributed by atoms with Crippen molar-refractivity contribution in [2.45, 2.75) is 25.7 Å². The summed E-state index contributed by atoms with van der Waals surface area (Å²) in [5.41, 5.74) is 2.22. The van der Waals surface area contributed by atoms with Crippen molar-refractivity contribution in [3.8, 4) is 0 Å². The number of rotatable bonds is 4. The van der Waals surface area contributed by atoms with Gasteiger partial charge in [-0.25, -0.2) is 4.98 Å². The molecule has 1 aromatic heterocycles. The Kier molecular flexibility index (Phi) is 3.53. The van der Waals surface area contributed by atoms with Gasteiger partial charge < -0.3 is 9.67 Å². The van der Waals surface area contributed by atoms with Gasteiger partial charge in [0.15, 0.2) is 0 Å². The highest BCUT2D eigenvalue weighted by molar-refractivity contribution is 5.29. The highest BCUT2D eigenvalue weighted by atomic mass is 16.3. The highest BCUT2D eigenvalue weighted by Crippen LogP contribution is 2.23. The molecule has 0 unspecified atom stereocenters. The number of aliphatic hydroxyl groups is 1. The molecule has 0 radical (unpaired) electrons. The molecule has 1 aromatic carbocycles. The van der Waals surface area contributed by atoms with Gasteiger partial charge in [-0.3, -0.25) is 0 Å². The second-order valence-electron chi connectivity index (χ2n) is 5.37. The van der Waals surface area contributed by atoms with Crippen LogP contribution in [-0.2, 0) is 18.9 Å². The Labute approximate surface area is 108 Å². The monoisotopic (exact) mass is 244 g/mol. The van der Waals surface area contributed by atoms with Gasteiger partial charge in [0.05, 0.1) is 6.61 Å². The lowest BCUT2D eigenvalue weighted by Crippen LogP contribution is -2.21. The largest absolute Gasteiger partial charge is 0.395 e. The third kappa shape index (κ3) is 2.62. The number of hydrogen-bond donors (Lipinski definition) is 1. The Morgan fingerprint density at radius 2 is 1.89 bits per heavy atom. The number of imidazole rings is 1. The number of aryl methyl sites for hydroxylation is 1. The third-order valence-electron chi connectivity index (χ3n) is 3.41. The summed E-state index contributed by atoms with van der Waals surface area (Å²) >= 11 is 0. The minimum absolute atomic E-state index is 0.158. The topological polar surface area (TPSA) is 38.0 Å². The summed E-state index contributed by atoms with van der Waals surface area (Å²) in [6.45, 7) is 4.24. The maximum absolute atomic E-state index is 9.35. The first-order valence-electron chi connectivity index (χ1n) is 6.19. The molecule has 0 bridgehead atoms. The van der Waals surface area contributed by atoms with Gasteiger partial charge >= 0.3 is 0 Å². The van der Waals surface area contributed by atoms with Crippen LogP contribution in [0.4, 0.5) is 0 Å². The molecule has 1 N–H and O–H groups in total. The minimum Gasteiger partial charge on any atom is -0.395 e. The van der Waals surface area contributed by atoms with Gasteiger partial charge in [-0.1, -0.05) is 38.1 Å². The summed E-state index contributed by atoms with van der Waals surface area (Å²) in [5.74, 6) is 1.06. The van der Waals surface area contributed by atoms with Crippen LogP contribution in [-0.4, -0.2) is 21.3 Å². The quantitative estimate of drug-likeness (QED) is 0.896. The Bertz CT molecular complexity index is 512. The normalized spacial score (nSPS) is 11.8. The third-order valence-corrected chi connectivity index (χ3v) is 3.41. The summed E-state index contributed by atoms with van der Waals surface area (Å²) in [6, 6.07) is 8.41. The summed E-state index contributed by atoms with van der Waals surface area (Å²) in [5, 5.41) is 9.35. The Balaban J connectivity index is 2.16. The number of aliphatic hydroxyl groups excluding tert-OH is 1. The Morgan fingerprint density at radius 3 is 2.39 bits per heavy atom. The van der Waals surface area contributed by atoms with Gasteiger partial charge in [0.2, 0.25) is 0 Å². The van der Waals surface area contributed by atoms with Crippen LogP contribution in [0.3, 0.4) is 0 Å². The van der Waals surface area contributed by atoms with Crippen LogP contribution in [0.15, 0.2) is 36.7 Å². The first kappa shape index (κ1) is 12.8. The van der Waals surface area contributed by atoms with Gasteiger partial charge in [-0.05, 0) is 11.1 Å². The van der Waals surface area contributed by atoms with Crippen molar-refractivity contribution in [2.75, 3.05) is 6.61 Å². The lowest BCUT2D eigenvalue weighted by molar-refractivity contribution is 0.218. The van der Waals surface area contributed by atoms with Crippen molar-refractivity contribution in [1.82, 2.24) is 9.55 Å². The molecular weight excluding hydrogens is 224 g/mol. The van der Waals surface area contributed by atoms with Crippen LogP contribution in [0.1, 0.15) is 30.8 Å². The lowest BCUT2D eigenvalue weighted by atomic mass is 9.85. The molecule has 0 fully saturated rings. The molecular formula is C15H20N2O. The van der Waals surface area contributed by atoms with E-state index in [4.69, 9.17) is 0 Å². The van der Waals surface area contributed by atoms with E-state index in [2.05, 4.69) is 29.2 Å². The zero-order chi connectivity index (χ0) is 13.2. The lowest BCUT2D eigenvalue weighted by Gasteiger charge is -2.22. The van der Waals surface area contributed by atoms with E-state index in [9.17, 15) is 5.11 Å². The second kappa shape index (κ2) is 4.94. The van der Waals surface area contributed by atoms with Crippen LogP contribution in [0, 0.1) is 0 Å². The minimum atomic E-state index is -0.179. The molecule has 1 heterocycles. The predicted molar refractivity (Wildman–Crippen MR) is 72.6 cm³/mol. The van der Waals surface area contributed by atoms with E-state index in [1.54, 1.807) is 0 Å². The molecule has 0 aliphatic rings. The Morgan fingerprint density at radius 1 is 1.22 bits per heavy atom. The number of benzene rings is 1. The Hall–Kier alpha value is -1.61. The van der Waals surface area contributed by atoms with Gasteiger partial charge in [0, 0.05) is 31.3 Å². The van der Waals surface area contributed by atoms with Crippen molar-refractivity contribution >= 4 is 0 Å². The zero-order valence-electron chi connectivity index (χ0n) is 11.2. The van der Waals surface area contributed by atoms with Gasteiger partial charge in [0.1, 0.15) is 5.82 Å². The molecule has 0 aliphatic carbocycles. The molecule has 0 saturated carbocycles. The van der Waals surface area contributed by atoms with Crippen LogP contribution >= 0.6 is 0 Å². The van der Waals surface area contributed by atoms with Crippen LogP contribution < -0.4 is 0 Å². The van der Waals surface area contributed by atoms with Crippen LogP contribution in [0.5, 0.6) is 0 Å². The smallest absolute Gasteiger partial charge is 0.112 e. The van der Waals surface area contributed by atoms with Crippen molar-refractivity contribution in [3.05, 3.63) is 53.6 Å². The summed E-state index contributed by atoms with van der Waals surface area (Å²) in [4.78, 5) is 4.32. The van der Waals surface area contributed by atoms with Crippen LogP contribution in [0.2, 0.25) is 0 Å². The first-order chi connectivity index (χ1) is 8.53. The first-order valence-corrected chi connectivity index (χ1v) is 6.19. The van der Waals surface area contributed by atoms with E-state index >= 15 is 0 Å². The maximum atomic E-state index is 9.35. The fourth-order valence-electron chi connectivity index (χ4n) is 1.91. The fraction of sp³-hybridized carbons (Fsp3) is 0.400. The van der Waals surface area contributed by atoms with Crippen molar-refractivity contribution in [2.24, 2.45) is 7.05 Å². The highest BCUT2D eigenvalue weighted by Gasteiger charge is 2.18. The fourth-order valence-corrected chi connectivity index (χ4v) is 1.91. The van der Waals surface area contributed by atoms with Gasteiger partial charge in [-0.15, -0.1) is 0 Å². The average Bonchev–Trinajstić information content (AvgIpc) is 2.76. The molecule has 18 heavy (non-hydrogen) atoms. The van der Waals surface area contributed by atoms with Gasteiger partial charge in [0.25, 0.3) is 0 Å².